The number of halogens is 1. The van der Waals surface area contributed by atoms with E-state index in [4.69, 9.17) is 11.6 Å². The van der Waals surface area contributed by atoms with Crippen LogP contribution in [0.25, 0.3) is 0 Å². The van der Waals surface area contributed by atoms with Gasteiger partial charge in [-0.25, -0.2) is 13.4 Å². The summed E-state index contributed by atoms with van der Waals surface area (Å²) in [4.78, 5) is 16.9. The Hall–Kier alpha value is -1.62. The first-order valence-corrected chi connectivity index (χ1v) is 12.9. The first-order valence-electron chi connectivity index (χ1n) is 10.1. The van der Waals surface area contributed by atoms with E-state index in [9.17, 15) is 13.2 Å². The average Bonchev–Trinajstić information content (AvgIpc) is 3.52. The van der Waals surface area contributed by atoms with E-state index in [2.05, 4.69) is 20.5 Å². The van der Waals surface area contributed by atoms with Crippen LogP contribution >= 0.6 is 23.4 Å². The van der Waals surface area contributed by atoms with Crippen molar-refractivity contribution < 1.29 is 13.2 Å². The number of H-pyrrole nitrogens is 1. The van der Waals surface area contributed by atoms with E-state index < -0.39 is 10.0 Å². The van der Waals surface area contributed by atoms with Gasteiger partial charge in [-0.2, -0.15) is 4.31 Å². The Balaban J connectivity index is 1.41. The highest BCUT2D eigenvalue weighted by Crippen LogP contribution is 2.38. The van der Waals surface area contributed by atoms with Crippen LogP contribution in [0.1, 0.15) is 50.3 Å². The zero-order valence-electron chi connectivity index (χ0n) is 16.4. The Labute approximate surface area is 185 Å². The quantitative estimate of drug-likeness (QED) is 0.599. The molecule has 0 bridgehead atoms. The number of carbonyl (C=O) groups is 1. The number of sulfonamides is 1. The third kappa shape index (κ3) is 5.16. The molecule has 2 aliphatic rings. The number of rotatable bonds is 7. The van der Waals surface area contributed by atoms with E-state index in [1.807, 2.05) is 0 Å². The van der Waals surface area contributed by atoms with Crippen molar-refractivity contribution in [1.82, 2.24) is 19.5 Å². The molecule has 0 atom stereocenters. The maximum atomic E-state index is 13.0. The van der Waals surface area contributed by atoms with Gasteiger partial charge in [0.2, 0.25) is 21.1 Å². The van der Waals surface area contributed by atoms with E-state index >= 15 is 0 Å². The summed E-state index contributed by atoms with van der Waals surface area (Å²) in [5.74, 6) is 1.13. The van der Waals surface area contributed by atoms with Crippen LogP contribution in [-0.2, 0) is 14.8 Å². The van der Waals surface area contributed by atoms with Gasteiger partial charge in [0, 0.05) is 19.0 Å². The summed E-state index contributed by atoms with van der Waals surface area (Å²) in [5, 5.41) is 10.5. The molecule has 4 rings (SSSR count). The lowest BCUT2D eigenvalue weighted by molar-refractivity contribution is -0.113. The van der Waals surface area contributed by atoms with Gasteiger partial charge in [-0.1, -0.05) is 36.2 Å². The van der Waals surface area contributed by atoms with Crippen LogP contribution in [0.2, 0.25) is 5.02 Å². The third-order valence-corrected chi connectivity index (χ3v) is 8.26. The molecule has 8 nitrogen and oxygen atoms in total. The van der Waals surface area contributed by atoms with Crippen molar-refractivity contribution in [2.75, 3.05) is 24.2 Å². The second-order valence-electron chi connectivity index (χ2n) is 7.57. The molecule has 1 aromatic carbocycles. The van der Waals surface area contributed by atoms with E-state index in [0.717, 1.165) is 44.3 Å². The molecule has 0 radical (unpaired) electrons. The van der Waals surface area contributed by atoms with Gasteiger partial charge in [0.05, 0.1) is 21.4 Å². The first kappa shape index (κ1) is 21.6. The number of anilines is 1. The van der Waals surface area contributed by atoms with Gasteiger partial charge in [0.25, 0.3) is 0 Å². The number of nitrogens with one attached hydrogen (secondary N) is 2. The molecular weight excluding hydrogens is 446 g/mol. The zero-order valence-corrected chi connectivity index (χ0v) is 18.8. The highest BCUT2D eigenvalue weighted by atomic mass is 35.5. The zero-order chi connectivity index (χ0) is 21.1. The third-order valence-electron chi connectivity index (χ3n) is 5.19. The Morgan fingerprint density at radius 3 is 2.67 bits per heavy atom. The molecule has 0 spiro atoms. The van der Waals surface area contributed by atoms with Crippen molar-refractivity contribution in [2.24, 2.45) is 0 Å². The standard InChI is InChI=1S/C19H24ClN5O3S2/c20-15-8-7-14(30(27,28)25-9-3-1-2-4-10-25)11-16(15)21-17(26)12-29-19-22-18(23-24-19)13-5-6-13/h7-8,11,13H,1-6,9-10,12H2,(H,21,26)(H,22,23,24). The van der Waals surface area contributed by atoms with Gasteiger partial charge in [-0.3, -0.25) is 9.89 Å². The normalized spacial score (nSPS) is 18.2. The number of aromatic amines is 1. The van der Waals surface area contributed by atoms with Crippen LogP contribution in [0.4, 0.5) is 5.69 Å². The summed E-state index contributed by atoms with van der Waals surface area (Å²) in [6.45, 7) is 1.03. The van der Waals surface area contributed by atoms with Crippen LogP contribution in [0.3, 0.4) is 0 Å². The number of hydrogen-bond acceptors (Lipinski definition) is 6. The van der Waals surface area contributed by atoms with E-state index in [1.165, 1.54) is 34.3 Å². The molecule has 1 aliphatic heterocycles. The lowest BCUT2D eigenvalue weighted by Gasteiger charge is -2.20. The second-order valence-corrected chi connectivity index (χ2v) is 10.9. The number of hydrogen-bond donors (Lipinski definition) is 2. The molecule has 1 aliphatic carbocycles. The molecular formula is C19H24ClN5O3S2. The maximum absolute atomic E-state index is 13.0. The monoisotopic (exact) mass is 469 g/mol. The van der Waals surface area contributed by atoms with Crippen molar-refractivity contribution in [3.63, 3.8) is 0 Å². The number of thioether (sulfide) groups is 1. The van der Waals surface area contributed by atoms with E-state index in [1.54, 1.807) is 0 Å². The van der Waals surface area contributed by atoms with Crippen molar-refractivity contribution in [3.05, 3.63) is 29.0 Å². The molecule has 2 aromatic rings. The van der Waals surface area contributed by atoms with Gasteiger partial charge in [0.15, 0.2) is 0 Å². The van der Waals surface area contributed by atoms with Gasteiger partial charge in [-0.05, 0) is 43.9 Å². The highest BCUT2D eigenvalue weighted by Gasteiger charge is 2.28. The fourth-order valence-electron chi connectivity index (χ4n) is 3.37. The van der Waals surface area contributed by atoms with Gasteiger partial charge < -0.3 is 5.32 Å². The number of aromatic nitrogens is 3. The minimum absolute atomic E-state index is 0.0986. The van der Waals surface area contributed by atoms with Crippen molar-refractivity contribution in [1.29, 1.82) is 0 Å². The van der Waals surface area contributed by atoms with Crippen molar-refractivity contribution in [2.45, 2.75) is 54.5 Å². The largest absolute Gasteiger partial charge is 0.324 e. The van der Waals surface area contributed by atoms with Crippen LogP contribution in [0.15, 0.2) is 28.3 Å². The molecule has 1 aromatic heterocycles. The summed E-state index contributed by atoms with van der Waals surface area (Å²) >= 11 is 7.42. The predicted octanol–water partition coefficient (Wildman–Crippen LogP) is 3.63. The maximum Gasteiger partial charge on any atom is 0.243 e. The van der Waals surface area contributed by atoms with Crippen molar-refractivity contribution >= 4 is 45.0 Å². The summed E-state index contributed by atoms with van der Waals surface area (Å²) in [7, 11) is -3.62. The molecule has 2 heterocycles. The molecule has 30 heavy (non-hydrogen) atoms. The van der Waals surface area contributed by atoms with Gasteiger partial charge in [0.1, 0.15) is 5.82 Å². The number of carbonyl (C=O) groups excluding carboxylic acids is 1. The fourth-order valence-corrected chi connectivity index (χ4v) is 5.68. The Kier molecular flexibility index (Phi) is 6.66. The molecule has 1 saturated heterocycles. The van der Waals surface area contributed by atoms with Crippen LogP contribution in [-0.4, -0.2) is 52.7 Å². The molecule has 0 unspecified atom stereocenters. The Morgan fingerprint density at radius 2 is 1.97 bits per heavy atom. The topological polar surface area (TPSA) is 108 Å². The van der Waals surface area contributed by atoms with Gasteiger partial charge in [-0.15, -0.1) is 5.10 Å². The second kappa shape index (κ2) is 9.25. The van der Waals surface area contributed by atoms with Crippen LogP contribution < -0.4 is 5.32 Å². The SMILES string of the molecule is O=C(CSc1n[nH]c(C2CC2)n1)Nc1cc(S(=O)(=O)N2CCCCCC2)ccc1Cl. The van der Waals surface area contributed by atoms with Crippen LogP contribution in [0, 0.1) is 0 Å². The summed E-state index contributed by atoms with van der Waals surface area (Å²) in [6.07, 6.45) is 6.04. The minimum Gasteiger partial charge on any atom is -0.324 e. The molecule has 1 saturated carbocycles. The Morgan fingerprint density at radius 1 is 1.23 bits per heavy atom. The summed E-state index contributed by atoms with van der Waals surface area (Å²) in [5.41, 5.74) is 0.284. The van der Waals surface area contributed by atoms with E-state index in [0.29, 0.717) is 24.2 Å². The smallest absolute Gasteiger partial charge is 0.243 e. The molecule has 2 N–H and O–H groups in total. The molecule has 1 amide bonds. The molecule has 11 heteroatoms. The summed E-state index contributed by atoms with van der Waals surface area (Å²) in [6, 6.07) is 4.43. The number of benzene rings is 1. The average molecular weight is 470 g/mol. The first-order chi connectivity index (χ1) is 14.4. The predicted molar refractivity (Wildman–Crippen MR) is 116 cm³/mol. The van der Waals surface area contributed by atoms with Gasteiger partial charge >= 0.3 is 0 Å². The lowest BCUT2D eigenvalue weighted by atomic mass is 10.2. The van der Waals surface area contributed by atoms with Crippen LogP contribution in [0.5, 0.6) is 0 Å². The lowest BCUT2D eigenvalue weighted by Crippen LogP contribution is -2.32. The molecule has 162 valence electrons. The number of nitrogens with zero attached hydrogens (tertiary/aromatic N) is 3. The van der Waals surface area contributed by atoms with Crippen molar-refractivity contribution in [3.8, 4) is 0 Å². The minimum atomic E-state index is -3.62. The highest BCUT2D eigenvalue weighted by molar-refractivity contribution is 7.99. The molecule has 2 fully saturated rings. The summed E-state index contributed by atoms with van der Waals surface area (Å²) < 4.78 is 27.5. The fraction of sp³-hybridized carbons (Fsp3) is 0.526. The number of amides is 1. The van der Waals surface area contributed by atoms with E-state index in [-0.39, 0.29) is 27.3 Å². The Bertz CT molecular complexity index is 1010.